The lowest BCUT2D eigenvalue weighted by molar-refractivity contribution is -0.142. The van der Waals surface area contributed by atoms with Crippen LogP contribution in [0.1, 0.15) is 44.9 Å². The Morgan fingerprint density at radius 2 is 1.89 bits per heavy atom. The van der Waals surface area contributed by atoms with E-state index in [-0.39, 0.29) is 24.5 Å². The molecule has 1 rings (SSSR count). The first kappa shape index (κ1) is 15.9. The zero-order chi connectivity index (χ0) is 14.3. The number of hydrogen-bond donors (Lipinski definition) is 4. The molecule has 0 bridgehead atoms. The van der Waals surface area contributed by atoms with E-state index in [0.29, 0.717) is 6.42 Å². The molecule has 110 valence electrons. The highest BCUT2D eigenvalue weighted by atomic mass is 16.4. The van der Waals surface area contributed by atoms with Crippen LogP contribution in [0.3, 0.4) is 0 Å². The summed E-state index contributed by atoms with van der Waals surface area (Å²) in [5, 5.41) is 23.4. The molecule has 6 nitrogen and oxygen atoms in total. The fourth-order valence-corrected chi connectivity index (χ4v) is 2.68. The molecule has 1 fully saturated rings. The maximum absolute atomic E-state index is 12.0. The molecule has 1 aliphatic carbocycles. The second kappa shape index (κ2) is 7.45. The SMILES string of the molecule is CNC1(CC(=O)NC(CCO)C(=O)O)CCCCC1. The predicted octanol–water partition coefficient (Wildman–Crippen LogP) is 0.251. The van der Waals surface area contributed by atoms with Crippen LogP contribution in [0.15, 0.2) is 0 Å². The topological polar surface area (TPSA) is 98.7 Å². The second-order valence-corrected chi connectivity index (χ2v) is 5.24. The van der Waals surface area contributed by atoms with Crippen LogP contribution in [0.5, 0.6) is 0 Å². The summed E-state index contributed by atoms with van der Waals surface area (Å²) in [6.45, 7) is -0.256. The molecule has 0 aromatic rings. The number of aliphatic carboxylic acids is 1. The maximum Gasteiger partial charge on any atom is 0.326 e. The van der Waals surface area contributed by atoms with Gasteiger partial charge in [-0.1, -0.05) is 19.3 Å². The van der Waals surface area contributed by atoms with Crippen LogP contribution in [0.4, 0.5) is 0 Å². The highest BCUT2D eigenvalue weighted by molar-refractivity contribution is 5.84. The molecular weight excluding hydrogens is 248 g/mol. The van der Waals surface area contributed by atoms with Gasteiger partial charge in [0, 0.05) is 25.0 Å². The maximum atomic E-state index is 12.0. The Morgan fingerprint density at radius 1 is 1.26 bits per heavy atom. The highest BCUT2D eigenvalue weighted by Gasteiger charge is 2.33. The van der Waals surface area contributed by atoms with Crippen molar-refractivity contribution in [3.63, 3.8) is 0 Å². The fourth-order valence-electron chi connectivity index (χ4n) is 2.68. The third-order valence-corrected chi connectivity index (χ3v) is 3.89. The number of amides is 1. The van der Waals surface area contributed by atoms with Crippen LogP contribution < -0.4 is 10.6 Å². The van der Waals surface area contributed by atoms with Gasteiger partial charge in [-0.3, -0.25) is 4.79 Å². The number of carboxylic acid groups (broad SMARTS) is 1. The largest absolute Gasteiger partial charge is 0.480 e. The summed E-state index contributed by atoms with van der Waals surface area (Å²) in [6.07, 6.45) is 5.57. The van der Waals surface area contributed by atoms with Gasteiger partial charge in [-0.2, -0.15) is 0 Å². The van der Waals surface area contributed by atoms with Gasteiger partial charge < -0.3 is 20.8 Å². The molecule has 0 aromatic carbocycles. The number of nitrogens with one attached hydrogen (secondary N) is 2. The van der Waals surface area contributed by atoms with E-state index in [0.717, 1.165) is 25.7 Å². The molecule has 1 saturated carbocycles. The van der Waals surface area contributed by atoms with Crippen LogP contribution >= 0.6 is 0 Å². The molecular formula is C13H24N2O4. The van der Waals surface area contributed by atoms with E-state index in [1.54, 1.807) is 0 Å². The Hall–Kier alpha value is -1.14. The zero-order valence-corrected chi connectivity index (χ0v) is 11.4. The van der Waals surface area contributed by atoms with Gasteiger partial charge in [0.15, 0.2) is 0 Å². The van der Waals surface area contributed by atoms with Crippen molar-refractivity contribution in [1.82, 2.24) is 10.6 Å². The van der Waals surface area contributed by atoms with Gasteiger partial charge in [-0.05, 0) is 19.9 Å². The van der Waals surface area contributed by atoms with Crippen LogP contribution in [0.25, 0.3) is 0 Å². The predicted molar refractivity (Wildman–Crippen MR) is 70.8 cm³/mol. The number of carbonyl (C=O) groups excluding carboxylic acids is 1. The molecule has 19 heavy (non-hydrogen) atoms. The summed E-state index contributed by atoms with van der Waals surface area (Å²) < 4.78 is 0. The Bertz CT molecular complexity index is 314. The summed E-state index contributed by atoms with van der Waals surface area (Å²) >= 11 is 0. The Kier molecular flexibility index (Phi) is 6.24. The molecule has 1 amide bonds. The molecule has 1 unspecified atom stereocenters. The van der Waals surface area contributed by atoms with Crippen molar-refractivity contribution in [3.05, 3.63) is 0 Å². The molecule has 0 saturated heterocycles. The summed E-state index contributed by atoms with van der Waals surface area (Å²) in [7, 11) is 1.85. The van der Waals surface area contributed by atoms with Crippen molar-refractivity contribution in [2.45, 2.75) is 56.5 Å². The molecule has 0 aliphatic heterocycles. The van der Waals surface area contributed by atoms with Crippen molar-refractivity contribution in [2.24, 2.45) is 0 Å². The average molecular weight is 272 g/mol. The van der Waals surface area contributed by atoms with E-state index in [2.05, 4.69) is 10.6 Å². The summed E-state index contributed by atoms with van der Waals surface area (Å²) in [5.41, 5.74) is -0.204. The van der Waals surface area contributed by atoms with Gasteiger partial charge >= 0.3 is 5.97 Å². The summed E-state index contributed by atoms with van der Waals surface area (Å²) in [4.78, 5) is 22.9. The van der Waals surface area contributed by atoms with Gasteiger partial charge in [0.1, 0.15) is 6.04 Å². The molecule has 0 heterocycles. The fraction of sp³-hybridized carbons (Fsp3) is 0.846. The van der Waals surface area contributed by atoms with Crippen molar-refractivity contribution < 1.29 is 19.8 Å². The standard InChI is InChI=1S/C13H24N2O4/c1-14-13(6-3-2-4-7-13)9-11(17)15-10(5-8-16)12(18)19/h10,14,16H,2-9H2,1H3,(H,15,17)(H,18,19). The number of rotatable bonds is 7. The lowest BCUT2D eigenvalue weighted by atomic mass is 9.79. The minimum atomic E-state index is -1.11. The third-order valence-electron chi connectivity index (χ3n) is 3.89. The molecule has 1 atom stereocenters. The number of aliphatic hydroxyl groups is 1. The van der Waals surface area contributed by atoms with Crippen LogP contribution in [-0.2, 0) is 9.59 Å². The lowest BCUT2D eigenvalue weighted by Gasteiger charge is -2.36. The van der Waals surface area contributed by atoms with Crippen LogP contribution in [-0.4, -0.2) is 47.3 Å². The van der Waals surface area contributed by atoms with E-state index in [1.165, 1.54) is 6.42 Å². The lowest BCUT2D eigenvalue weighted by Crippen LogP contribution is -2.50. The Balaban J connectivity index is 2.54. The summed E-state index contributed by atoms with van der Waals surface area (Å²) in [5.74, 6) is -1.37. The number of carboxylic acids is 1. The van der Waals surface area contributed by atoms with Gasteiger partial charge in [-0.15, -0.1) is 0 Å². The molecule has 1 aliphatic rings. The molecule has 4 N–H and O–H groups in total. The van der Waals surface area contributed by atoms with Crippen LogP contribution in [0, 0.1) is 0 Å². The molecule has 0 aromatic heterocycles. The second-order valence-electron chi connectivity index (χ2n) is 5.24. The minimum Gasteiger partial charge on any atom is -0.480 e. The normalized spacial score (nSPS) is 19.7. The monoisotopic (exact) mass is 272 g/mol. The van der Waals surface area contributed by atoms with E-state index < -0.39 is 12.0 Å². The molecule has 0 spiro atoms. The summed E-state index contributed by atoms with van der Waals surface area (Å²) in [6, 6.07) is -1.00. The Labute approximate surface area is 113 Å². The Morgan fingerprint density at radius 3 is 2.37 bits per heavy atom. The third kappa shape index (κ3) is 4.80. The molecule has 0 radical (unpaired) electrons. The number of aliphatic hydroxyl groups excluding tert-OH is 1. The first-order chi connectivity index (χ1) is 9.03. The minimum absolute atomic E-state index is 0.0353. The highest BCUT2D eigenvalue weighted by Crippen LogP contribution is 2.30. The number of carbonyl (C=O) groups is 2. The van der Waals surface area contributed by atoms with Crippen molar-refractivity contribution in [3.8, 4) is 0 Å². The van der Waals surface area contributed by atoms with Crippen LogP contribution in [0.2, 0.25) is 0 Å². The van der Waals surface area contributed by atoms with E-state index in [4.69, 9.17) is 10.2 Å². The van der Waals surface area contributed by atoms with Crippen molar-refractivity contribution in [1.29, 1.82) is 0 Å². The van der Waals surface area contributed by atoms with E-state index >= 15 is 0 Å². The van der Waals surface area contributed by atoms with Crippen molar-refractivity contribution >= 4 is 11.9 Å². The van der Waals surface area contributed by atoms with Gasteiger partial charge in [-0.25, -0.2) is 4.79 Å². The molecule has 6 heteroatoms. The van der Waals surface area contributed by atoms with E-state index in [9.17, 15) is 9.59 Å². The quantitative estimate of drug-likeness (QED) is 0.532. The zero-order valence-electron chi connectivity index (χ0n) is 11.4. The first-order valence-corrected chi connectivity index (χ1v) is 6.85. The van der Waals surface area contributed by atoms with Gasteiger partial charge in [0.05, 0.1) is 0 Å². The average Bonchev–Trinajstić information content (AvgIpc) is 2.39. The first-order valence-electron chi connectivity index (χ1n) is 6.85. The number of hydrogen-bond acceptors (Lipinski definition) is 4. The smallest absolute Gasteiger partial charge is 0.326 e. The van der Waals surface area contributed by atoms with Gasteiger partial charge in [0.2, 0.25) is 5.91 Å². The van der Waals surface area contributed by atoms with E-state index in [1.807, 2.05) is 7.05 Å². The van der Waals surface area contributed by atoms with Gasteiger partial charge in [0.25, 0.3) is 0 Å². The van der Waals surface area contributed by atoms with Crippen molar-refractivity contribution in [2.75, 3.05) is 13.7 Å².